The number of para-hydroxylation sites is 1. The lowest BCUT2D eigenvalue weighted by atomic mass is 9.75. The molecule has 0 spiro atoms. The monoisotopic (exact) mass is 364 g/mol. The van der Waals surface area contributed by atoms with E-state index in [4.69, 9.17) is 0 Å². The molecule has 7 nitrogen and oxygen atoms in total. The topological polar surface area (TPSA) is 97.1 Å². The third kappa shape index (κ3) is 3.46. The van der Waals surface area contributed by atoms with Crippen molar-refractivity contribution in [2.24, 2.45) is 13.0 Å². The maximum atomic E-state index is 12.7. The average molecular weight is 364 g/mol. The standard InChI is InChI=1S/C20H20N4O3/c1-24-18(26)7-6-17(23-24)20(27)22-19(13-9-15(25)10-13)14-8-12-4-2-3-5-16(12)21-11-14/h2-8,11,13,15,19,25H,9-10H2,1H3,(H,22,27)/t13?,15?,19-/m0/s1. The zero-order valence-corrected chi connectivity index (χ0v) is 14.9. The molecule has 1 fully saturated rings. The van der Waals surface area contributed by atoms with Crippen LogP contribution in [0.5, 0.6) is 0 Å². The fourth-order valence-corrected chi connectivity index (χ4v) is 3.47. The fourth-order valence-electron chi connectivity index (χ4n) is 3.47. The molecule has 0 saturated heterocycles. The van der Waals surface area contributed by atoms with E-state index in [-0.39, 0.29) is 35.2 Å². The van der Waals surface area contributed by atoms with Crippen LogP contribution >= 0.6 is 0 Å². The number of aliphatic hydroxyl groups excluding tert-OH is 1. The molecule has 3 aromatic rings. The van der Waals surface area contributed by atoms with E-state index >= 15 is 0 Å². The van der Waals surface area contributed by atoms with Gasteiger partial charge < -0.3 is 10.4 Å². The maximum absolute atomic E-state index is 12.7. The summed E-state index contributed by atoms with van der Waals surface area (Å²) in [5, 5.41) is 17.8. The highest BCUT2D eigenvalue weighted by Crippen LogP contribution is 2.38. The maximum Gasteiger partial charge on any atom is 0.272 e. The molecule has 0 radical (unpaired) electrons. The van der Waals surface area contributed by atoms with Gasteiger partial charge in [0.2, 0.25) is 0 Å². The number of pyridine rings is 1. The highest BCUT2D eigenvalue weighted by atomic mass is 16.3. The SMILES string of the molecule is Cn1nc(C(=O)N[C@H](c2cnc3ccccc3c2)C2CC(O)C2)ccc1=O. The van der Waals surface area contributed by atoms with E-state index < -0.39 is 0 Å². The van der Waals surface area contributed by atoms with Crippen molar-refractivity contribution in [1.29, 1.82) is 0 Å². The number of nitrogens with one attached hydrogen (secondary N) is 1. The molecule has 7 heteroatoms. The molecule has 0 bridgehead atoms. The van der Waals surface area contributed by atoms with Crippen LogP contribution < -0.4 is 10.9 Å². The Bertz CT molecular complexity index is 1060. The van der Waals surface area contributed by atoms with Gasteiger partial charge in [0, 0.05) is 24.7 Å². The Labute approximate surface area is 155 Å². The lowest BCUT2D eigenvalue weighted by Crippen LogP contribution is -2.42. The quantitative estimate of drug-likeness (QED) is 0.732. The lowest BCUT2D eigenvalue weighted by Gasteiger charge is -2.38. The van der Waals surface area contributed by atoms with Crippen molar-refractivity contribution in [2.75, 3.05) is 0 Å². The normalized spacial score (nSPS) is 20.1. The molecule has 2 heterocycles. The summed E-state index contributed by atoms with van der Waals surface area (Å²) in [4.78, 5) is 28.7. The van der Waals surface area contributed by atoms with Crippen LogP contribution in [0, 0.1) is 5.92 Å². The molecule has 1 aliphatic rings. The van der Waals surface area contributed by atoms with E-state index in [1.165, 1.54) is 19.2 Å². The number of carbonyl (C=O) groups is 1. The zero-order valence-electron chi connectivity index (χ0n) is 14.9. The number of aliphatic hydroxyl groups is 1. The third-order valence-electron chi connectivity index (χ3n) is 5.07. The summed E-state index contributed by atoms with van der Waals surface area (Å²) >= 11 is 0. The number of rotatable bonds is 4. The molecule has 0 unspecified atom stereocenters. The summed E-state index contributed by atoms with van der Waals surface area (Å²) in [6.45, 7) is 0. The van der Waals surface area contributed by atoms with Gasteiger partial charge in [-0.05, 0) is 42.5 Å². The van der Waals surface area contributed by atoms with Gasteiger partial charge in [-0.15, -0.1) is 0 Å². The smallest absolute Gasteiger partial charge is 0.272 e. The highest BCUT2D eigenvalue weighted by Gasteiger charge is 2.36. The molecule has 2 N–H and O–H groups in total. The van der Waals surface area contributed by atoms with Gasteiger partial charge in [-0.25, -0.2) is 4.68 Å². The van der Waals surface area contributed by atoms with E-state index in [2.05, 4.69) is 15.4 Å². The predicted molar refractivity (Wildman–Crippen MR) is 100 cm³/mol. The summed E-state index contributed by atoms with van der Waals surface area (Å²) in [6, 6.07) is 12.3. The second-order valence-corrected chi connectivity index (χ2v) is 6.98. The summed E-state index contributed by atoms with van der Waals surface area (Å²) < 4.78 is 1.13. The van der Waals surface area contributed by atoms with E-state index in [0.717, 1.165) is 21.1 Å². The zero-order chi connectivity index (χ0) is 19.0. The number of hydrogen-bond donors (Lipinski definition) is 2. The van der Waals surface area contributed by atoms with Crippen molar-refractivity contribution in [2.45, 2.75) is 25.0 Å². The first-order chi connectivity index (χ1) is 13.0. The van der Waals surface area contributed by atoms with E-state index in [1.807, 2.05) is 30.3 Å². The van der Waals surface area contributed by atoms with Gasteiger partial charge in [0.15, 0.2) is 0 Å². The van der Waals surface area contributed by atoms with Gasteiger partial charge in [-0.2, -0.15) is 5.10 Å². The van der Waals surface area contributed by atoms with Crippen molar-refractivity contribution in [3.05, 3.63) is 70.3 Å². The number of fused-ring (bicyclic) bond motifs is 1. The number of benzene rings is 1. The number of aromatic nitrogens is 3. The van der Waals surface area contributed by atoms with Crippen molar-refractivity contribution >= 4 is 16.8 Å². The van der Waals surface area contributed by atoms with Crippen LogP contribution in [-0.4, -0.2) is 31.9 Å². The number of hydrogen-bond acceptors (Lipinski definition) is 5. The van der Waals surface area contributed by atoms with E-state index in [1.54, 1.807) is 6.20 Å². The summed E-state index contributed by atoms with van der Waals surface area (Å²) in [5.41, 5.74) is 1.68. The highest BCUT2D eigenvalue weighted by molar-refractivity contribution is 5.92. The van der Waals surface area contributed by atoms with Crippen molar-refractivity contribution in [3.8, 4) is 0 Å². The van der Waals surface area contributed by atoms with Gasteiger partial charge in [-0.3, -0.25) is 14.6 Å². The first kappa shape index (κ1) is 17.4. The molecule has 1 amide bonds. The van der Waals surface area contributed by atoms with Crippen LogP contribution in [0.15, 0.2) is 53.5 Å². The van der Waals surface area contributed by atoms with Crippen molar-refractivity contribution < 1.29 is 9.90 Å². The number of carbonyl (C=O) groups excluding carboxylic acids is 1. The van der Waals surface area contributed by atoms with Crippen LogP contribution in [0.4, 0.5) is 0 Å². The Morgan fingerprint density at radius 3 is 2.78 bits per heavy atom. The van der Waals surface area contributed by atoms with E-state index in [9.17, 15) is 14.7 Å². The van der Waals surface area contributed by atoms with Crippen molar-refractivity contribution in [3.63, 3.8) is 0 Å². The molecule has 27 heavy (non-hydrogen) atoms. The Morgan fingerprint density at radius 2 is 2.04 bits per heavy atom. The minimum atomic E-state index is -0.356. The van der Waals surface area contributed by atoms with Crippen LogP contribution in [-0.2, 0) is 7.05 Å². The number of nitrogens with zero attached hydrogens (tertiary/aromatic N) is 3. The fraction of sp³-hybridized carbons (Fsp3) is 0.300. The Balaban J connectivity index is 1.65. The van der Waals surface area contributed by atoms with Crippen LogP contribution in [0.2, 0.25) is 0 Å². The molecular weight excluding hydrogens is 344 g/mol. The average Bonchev–Trinajstić information content (AvgIpc) is 2.65. The second kappa shape index (κ2) is 6.92. The predicted octanol–water partition coefficient (Wildman–Crippen LogP) is 1.57. The first-order valence-electron chi connectivity index (χ1n) is 8.89. The molecule has 1 aliphatic carbocycles. The number of aryl methyl sites for hydroxylation is 1. The Kier molecular flexibility index (Phi) is 4.45. The first-order valence-corrected chi connectivity index (χ1v) is 8.89. The molecule has 2 aromatic heterocycles. The van der Waals surface area contributed by atoms with Crippen LogP contribution in [0.1, 0.15) is 34.9 Å². The molecule has 1 saturated carbocycles. The van der Waals surface area contributed by atoms with Gasteiger partial charge >= 0.3 is 0 Å². The van der Waals surface area contributed by atoms with Crippen LogP contribution in [0.3, 0.4) is 0 Å². The van der Waals surface area contributed by atoms with Crippen LogP contribution in [0.25, 0.3) is 10.9 Å². The molecule has 4 rings (SSSR count). The third-order valence-corrected chi connectivity index (χ3v) is 5.07. The minimum absolute atomic E-state index is 0.124. The minimum Gasteiger partial charge on any atom is -0.393 e. The summed E-state index contributed by atoms with van der Waals surface area (Å²) in [7, 11) is 1.51. The summed E-state index contributed by atoms with van der Waals surface area (Å²) in [6.07, 6.45) is 2.68. The van der Waals surface area contributed by atoms with Gasteiger partial charge in [-0.1, -0.05) is 18.2 Å². The molecule has 1 atom stereocenters. The molecule has 0 aliphatic heterocycles. The number of amides is 1. The lowest BCUT2D eigenvalue weighted by molar-refractivity contribution is 0.0234. The van der Waals surface area contributed by atoms with E-state index in [0.29, 0.717) is 12.8 Å². The Morgan fingerprint density at radius 1 is 1.26 bits per heavy atom. The van der Waals surface area contributed by atoms with Crippen molar-refractivity contribution in [1.82, 2.24) is 20.1 Å². The largest absolute Gasteiger partial charge is 0.393 e. The Hall–Kier alpha value is -3.06. The molecule has 138 valence electrons. The van der Waals surface area contributed by atoms with Gasteiger partial charge in [0.25, 0.3) is 11.5 Å². The van der Waals surface area contributed by atoms with Gasteiger partial charge in [0.1, 0.15) is 5.69 Å². The summed E-state index contributed by atoms with van der Waals surface area (Å²) in [5.74, 6) is -0.232. The molecular formula is C20H20N4O3. The molecule has 1 aromatic carbocycles. The second-order valence-electron chi connectivity index (χ2n) is 6.98. The van der Waals surface area contributed by atoms with Gasteiger partial charge in [0.05, 0.1) is 17.7 Å².